The van der Waals surface area contributed by atoms with E-state index < -0.39 is 11.9 Å². The van der Waals surface area contributed by atoms with Gasteiger partial charge in [-0.05, 0) is 36.9 Å². The molecule has 6 nitrogen and oxygen atoms in total. The maximum Gasteiger partial charge on any atom is 0.330 e. The number of rotatable bonds is 9. The quantitative estimate of drug-likeness (QED) is 0.392. The first kappa shape index (κ1) is 19.7. The van der Waals surface area contributed by atoms with Crippen LogP contribution in [-0.4, -0.2) is 50.2 Å². The Hall–Kier alpha value is -2.34. The fourth-order valence-corrected chi connectivity index (χ4v) is 2.05. The van der Waals surface area contributed by atoms with Crippen molar-refractivity contribution in [1.29, 1.82) is 0 Å². The minimum atomic E-state index is -0.423. The Morgan fingerprint density at radius 1 is 1.17 bits per heavy atom. The molecule has 0 aliphatic heterocycles. The van der Waals surface area contributed by atoms with Crippen molar-refractivity contribution in [2.75, 3.05) is 33.4 Å². The van der Waals surface area contributed by atoms with Gasteiger partial charge in [-0.3, -0.25) is 4.79 Å². The van der Waals surface area contributed by atoms with Gasteiger partial charge in [0.05, 0.1) is 7.11 Å². The number of carbonyl (C=O) groups excluding carboxylic acids is 2. The van der Waals surface area contributed by atoms with Crippen LogP contribution in [0.3, 0.4) is 0 Å². The zero-order valence-corrected chi connectivity index (χ0v) is 14.7. The summed E-state index contributed by atoms with van der Waals surface area (Å²) in [5.74, 6) is -0.0650. The average Bonchev–Trinajstić information content (AvgIpc) is 2.57. The largest absolute Gasteiger partial charge is 0.493 e. The summed E-state index contributed by atoms with van der Waals surface area (Å²) in [7, 11) is 1.48. The molecule has 0 aromatic heterocycles. The van der Waals surface area contributed by atoms with Gasteiger partial charge in [-0.2, -0.15) is 0 Å². The fraction of sp³-hybridized carbons (Fsp3) is 0.444. The van der Waals surface area contributed by atoms with Crippen LogP contribution in [0.2, 0.25) is 0 Å². The molecule has 24 heavy (non-hydrogen) atoms. The zero-order chi connectivity index (χ0) is 17.9. The van der Waals surface area contributed by atoms with E-state index in [2.05, 4.69) is 18.7 Å². The molecule has 0 bridgehead atoms. The molecular weight excluding hydrogens is 310 g/mol. The second-order valence-corrected chi connectivity index (χ2v) is 5.03. The van der Waals surface area contributed by atoms with Crippen LogP contribution >= 0.6 is 0 Å². The zero-order valence-electron chi connectivity index (χ0n) is 14.7. The number of carbonyl (C=O) groups is 2. The molecular formula is C18H25NO5. The SMILES string of the molecule is CCN(CC)CCOC(=O)/C=C\c1ccc(OC(C)=O)c(OC)c1. The van der Waals surface area contributed by atoms with Crippen molar-refractivity contribution in [2.45, 2.75) is 20.8 Å². The fourth-order valence-electron chi connectivity index (χ4n) is 2.05. The molecule has 1 aromatic rings. The number of nitrogens with zero attached hydrogens (tertiary/aromatic N) is 1. The van der Waals surface area contributed by atoms with Crippen LogP contribution in [-0.2, 0) is 14.3 Å². The van der Waals surface area contributed by atoms with E-state index in [9.17, 15) is 9.59 Å². The van der Waals surface area contributed by atoms with Crippen LogP contribution in [0.25, 0.3) is 6.08 Å². The van der Waals surface area contributed by atoms with Crippen LogP contribution < -0.4 is 9.47 Å². The molecule has 1 aromatic carbocycles. The number of benzene rings is 1. The predicted molar refractivity (Wildman–Crippen MR) is 92.1 cm³/mol. The minimum Gasteiger partial charge on any atom is -0.493 e. The van der Waals surface area contributed by atoms with Crippen molar-refractivity contribution < 1.29 is 23.8 Å². The maximum absolute atomic E-state index is 11.7. The third-order valence-corrected chi connectivity index (χ3v) is 3.40. The summed E-state index contributed by atoms with van der Waals surface area (Å²) in [6, 6.07) is 5.02. The van der Waals surface area contributed by atoms with Gasteiger partial charge >= 0.3 is 11.9 Å². The lowest BCUT2D eigenvalue weighted by molar-refractivity contribution is -0.138. The van der Waals surface area contributed by atoms with E-state index in [0.717, 1.165) is 25.2 Å². The number of ether oxygens (including phenoxy) is 3. The third-order valence-electron chi connectivity index (χ3n) is 3.40. The number of likely N-dealkylation sites (N-methyl/N-ethyl adjacent to an activating group) is 1. The van der Waals surface area contributed by atoms with E-state index in [1.807, 2.05) is 0 Å². The van der Waals surface area contributed by atoms with E-state index in [4.69, 9.17) is 14.2 Å². The number of esters is 2. The molecule has 0 unspecified atom stereocenters. The highest BCUT2D eigenvalue weighted by atomic mass is 16.6. The summed E-state index contributed by atoms with van der Waals surface area (Å²) in [5.41, 5.74) is 0.739. The first-order valence-corrected chi connectivity index (χ1v) is 7.93. The van der Waals surface area contributed by atoms with Gasteiger partial charge in [0.15, 0.2) is 11.5 Å². The number of methoxy groups -OCH3 is 1. The Morgan fingerprint density at radius 3 is 2.46 bits per heavy atom. The van der Waals surface area contributed by atoms with E-state index in [-0.39, 0.29) is 0 Å². The van der Waals surface area contributed by atoms with Crippen molar-refractivity contribution in [1.82, 2.24) is 4.90 Å². The first-order chi connectivity index (χ1) is 11.5. The van der Waals surface area contributed by atoms with Crippen LogP contribution in [0.1, 0.15) is 26.3 Å². The maximum atomic E-state index is 11.7. The minimum absolute atomic E-state index is 0.337. The molecule has 0 fully saturated rings. The lowest BCUT2D eigenvalue weighted by Gasteiger charge is -2.17. The van der Waals surface area contributed by atoms with Gasteiger partial charge < -0.3 is 19.1 Å². The molecule has 132 valence electrons. The van der Waals surface area contributed by atoms with Crippen molar-refractivity contribution in [3.63, 3.8) is 0 Å². The van der Waals surface area contributed by atoms with Crippen LogP contribution in [0, 0.1) is 0 Å². The molecule has 0 spiro atoms. The molecule has 0 heterocycles. The van der Waals surface area contributed by atoms with Crippen LogP contribution in [0.4, 0.5) is 0 Å². The summed E-state index contributed by atoms with van der Waals surface area (Å²) in [5, 5.41) is 0. The highest BCUT2D eigenvalue weighted by Gasteiger charge is 2.07. The van der Waals surface area contributed by atoms with Gasteiger partial charge in [-0.15, -0.1) is 0 Å². The highest BCUT2D eigenvalue weighted by molar-refractivity contribution is 5.87. The topological polar surface area (TPSA) is 65.1 Å². The molecule has 0 saturated carbocycles. The van der Waals surface area contributed by atoms with E-state index in [1.54, 1.807) is 24.3 Å². The molecule has 0 aliphatic rings. The van der Waals surface area contributed by atoms with Crippen molar-refractivity contribution in [3.05, 3.63) is 29.8 Å². The van der Waals surface area contributed by atoms with Gasteiger partial charge in [-0.1, -0.05) is 19.9 Å². The van der Waals surface area contributed by atoms with Crippen molar-refractivity contribution in [2.24, 2.45) is 0 Å². The van der Waals surface area contributed by atoms with Crippen LogP contribution in [0.15, 0.2) is 24.3 Å². The third kappa shape index (κ3) is 6.83. The van der Waals surface area contributed by atoms with E-state index in [0.29, 0.717) is 18.1 Å². The molecule has 0 N–H and O–H groups in total. The molecule has 6 heteroatoms. The van der Waals surface area contributed by atoms with E-state index in [1.165, 1.54) is 20.1 Å². The van der Waals surface area contributed by atoms with Gasteiger partial charge in [-0.25, -0.2) is 4.79 Å². The Balaban J connectivity index is 2.60. The monoisotopic (exact) mass is 335 g/mol. The van der Waals surface area contributed by atoms with E-state index >= 15 is 0 Å². The predicted octanol–water partition coefficient (Wildman–Crippen LogP) is 2.52. The lowest BCUT2D eigenvalue weighted by atomic mass is 10.2. The average molecular weight is 335 g/mol. The molecule has 0 saturated heterocycles. The summed E-state index contributed by atoms with van der Waals surface area (Å²) < 4.78 is 15.4. The standard InChI is InChI=1S/C18H25NO5/c1-5-19(6-2)11-12-23-18(21)10-8-15-7-9-16(24-14(3)20)17(13-15)22-4/h7-10,13H,5-6,11-12H2,1-4H3/b10-8-. The van der Waals surface area contributed by atoms with Crippen molar-refractivity contribution in [3.8, 4) is 11.5 Å². The van der Waals surface area contributed by atoms with Crippen LogP contribution in [0.5, 0.6) is 11.5 Å². The van der Waals surface area contributed by atoms with Crippen molar-refractivity contribution >= 4 is 18.0 Å². The van der Waals surface area contributed by atoms with Gasteiger partial charge in [0.1, 0.15) is 6.61 Å². The second kappa shape index (κ2) is 10.4. The Morgan fingerprint density at radius 2 is 1.88 bits per heavy atom. The summed E-state index contributed by atoms with van der Waals surface area (Å²) >= 11 is 0. The molecule has 0 aliphatic carbocycles. The number of hydrogen-bond donors (Lipinski definition) is 0. The summed E-state index contributed by atoms with van der Waals surface area (Å²) in [6.45, 7) is 8.39. The summed E-state index contributed by atoms with van der Waals surface area (Å²) in [4.78, 5) is 24.9. The Kier molecular flexibility index (Phi) is 8.57. The highest BCUT2D eigenvalue weighted by Crippen LogP contribution is 2.28. The van der Waals surface area contributed by atoms with Gasteiger partial charge in [0.2, 0.25) is 0 Å². The smallest absolute Gasteiger partial charge is 0.330 e. The lowest BCUT2D eigenvalue weighted by Crippen LogP contribution is -2.27. The summed E-state index contributed by atoms with van der Waals surface area (Å²) in [6.07, 6.45) is 2.99. The first-order valence-electron chi connectivity index (χ1n) is 7.93. The molecule has 1 rings (SSSR count). The van der Waals surface area contributed by atoms with Gasteiger partial charge in [0, 0.05) is 19.5 Å². The Labute approximate surface area is 143 Å². The molecule has 0 atom stereocenters. The second-order valence-electron chi connectivity index (χ2n) is 5.03. The Bertz CT molecular complexity index is 579. The number of hydrogen-bond acceptors (Lipinski definition) is 6. The normalized spacial score (nSPS) is 10.9. The van der Waals surface area contributed by atoms with Gasteiger partial charge in [0.25, 0.3) is 0 Å². The molecule has 0 amide bonds. The molecule has 0 radical (unpaired) electrons.